The van der Waals surface area contributed by atoms with Gasteiger partial charge in [0.15, 0.2) is 0 Å². The van der Waals surface area contributed by atoms with Crippen LogP contribution < -0.4 is 5.32 Å². The predicted octanol–water partition coefficient (Wildman–Crippen LogP) is 3.18. The first-order chi connectivity index (χ1) is 10.6. The lowest BCUT2D eigenvalue weighted by Crippen LogP contribution is -2.48. The molecule has 2 fully saturated rings. The van der Waals surface area contributed by atoms with Gasteiger partial charge in [-0.05, 0) is 42.9 Å². The van der Waals surface area contributed by atoms with Crippen LogP contribution in [0.25, 0.3) is 0 Å². The van der Waals surface area contributed by atoms with Crippen LogP contribution in [0.2, 0.25) is 5.02 Å². The van der Waals surface area contributed by atoms with Gasteiger partial charge in [-0.25, -0.2) is 0 Å². The van der Waals surface area contributed by atoms with E-state index in [4.69, 9.17) is 16.3 Å². The average Bonchev–Trinajstić information content (AvgIpc) is 2.96. The Morgan fingerprint density at radius 1 is 1.18 bits per heavy atom. The van der Waals surface area contributed by atoms with Crippen molar-refractivity contribution in [2.45, 2.75) is 50.2 Å². The van der Waals surface area contributed by atoms with E-state index in [1.165, 1.54) is 24.8 Å². The molecule has 2 atom stereocenters. The lowest BCUT2D eigenvalue weighted by molar-refractivity contribution is -0.0632. The van der Waals surface area contributed by atoms with Crippen LogP contribution in [-0.2, 0) is 11.2 Å². The van der Waals surface area contributed by atoms with Crippen LogP contribution in [0, 0.1) is 5.92 Å². The number of halogens is 1. The Bertz CT molecular complexity index is 470. The Morgan fingerprint density at radius 2 is 1.91 bits per heavy atom. The topological polar surface area (TPSA) is 41.5 Å². The molecule has 122 valence electrons. The molecule has 0 spiro atoms. The lowest BCUT2D eigenvalue weighted by atomic mass is 9.91. The van der Waals surface area contributed by atoms with Gasteiger partial charge in [0.25, 0.3) is 0 Å². The summed E-state index contributed by atoms with van der Waals surface area (Å²) in [4.78, 5) is 0. The number of ether oxygens (including phenoxy) is 1. The van der Waals surface area contributed by atoms with Crippen LogP contribution >= 0.6 is 11.6 Å². The molecular formula is C18H26ClNO2. The van der Waals surface area contributed by atoms with E-state index in [1.54, 1.807) is 0 Å². The number of hydrogen-bond donors (Lipinski definition) is 2. The maximum absolute atomic E-state index is 10.6. The second-order valence-electron chi connectivity index (χ2n) is 6.85. The maximum Gasteiger partial charge on any atom is 0.0815 e. The predicted molar refractivity (Wildman–Crippen MR) is 89.3 cm³/mol. The highest BCUT2D eigenvalue weighted by Gasteiger charge is 2.33. The number of nitrogens with one attached hydrogen (secondary N) is 1. The van der Waals surface area contributed by atoms with E-state index in [9.17, 15) is 5.11 Å². The van der Waals surface area contributed by atoms with Gasteiger partial charge in [0.1, 0.15) is 0 Å². The molecule has 1 aliphatic carbocycles. The van der Waals surface area contributed by atoms with Gasteiger partial charge in [-0.3, -0.25) is 0 Å². The summed E-state index contributed by atoms with van der Waals surface area (Å²) in [5.41, 5.74) is 0.777. The summed E-state index contributed by atoms with van der Waals surface area (Å²) in [6, 6.07) is 8.72. The monoisotopic (exact) mass is 323 g/mol. The van der Waals surface area contributed by atoms with Gasteiger partial charge in [-0.2, -0.15) is 0 Å². The van der Waals surface area contributed by atoms with Gasteiger partial charge in [0.2, 0.25) is 0 Å². The molecule has 0 aromatic heterocycles. The van der Waals surface area contributed by atoms with E-state index in [0.29, 0.717) is 31.7 Å². The second kappa shape index (κ2) is 7.31. The average molecular weight is 324 g/mol. The van der Waals surface area contributed by atoms with Crippen LogP contribution in [-0.4, -0.2) is 36.5 Å². The SMILES string of the molecule is OC1(CNC2CCCC2Cc2ccc(Cl)cc2)CCOCC1. The van der Waals surface area contributed by atoms with Crippen LogP contribution in [0.15, 0.2) is 24.3 Å². The third-order valence-corrected chi connectivity index (χ3v) is 5.44. The summed E-state index contributed by atoms with van der Waals surface area (Å²) in [7, 11) is 0. The van der Waals surface area contributed by atoms with Crippen molar-refractivity contribution < 1.29 is 9.84 Å². The number of benzene rings is 1. The van der Waals surface area contributed by atoms with E-state index in [2.05, 4.69) is 17.4 Å². The van der Waals surface area contributed by atoms with Crippen LogP contribution in [0.5, 0.6) is 0 Å². The van der Waals surface area contributed by atoms with E-state index in [-0.39, 0.29) is 0 Å². The minimum absolute atomic E-state index is 0.516. The fourth-order valence-corrected chi connectivity index (χ4v) is 3.85. The normalized spacial score (nSPS) is 27.9. The first kappa shape index (κ1) is 16.3. The summed E-state index contributed by atoms with van der Waals surface area (Å²) in [6.45, 7) is 2.05. The molecule has 2 N–H and O–H groups in total. The number of hydrogen-bond acceptors (Lipinski definition) is 3. The highest BCUT2D eigenvalue weighted by atomic mass is 35.5. The molecule has 2 unspecified atom stereocenters. The molecule has 1 aliphatic heterocycles. The van der Waals surface area contributed by atoms with Crippen molar-refractivity contribution in [2.24, 2.45) is 5.92 Å². The molecule has 2 aliphatic rings. The molecule has 3 nitrogen and oxygen atoms in total. The van der Waals surface area contributed by atoms with Crippen LogP contribution in [0.4, 0.5) is 0 Å². The Morgan fingerprint density at radius 3 is 2.64 bits per heavy atom. The molecule has 1 saturated carbocycles. The quantitative estimate of drug-likeness (QED) is 0.874. The van der Waals surface area contributed by atoms with Gasteiger partial charge in [-0.1, -0.05) is 30.2 Å². The Kier molecular flexibility index (Phi) is 5.40. The summed E-state index contributed by atoms with van der Waals surface area (Å²) < 4.78 is 5.35. The van der Waals surface area contributed by atoms with Crippen molar-refractivity contribution in [3.05, 3.63) is 34.9 Å². The van der Waals surface area contributed by atoms with Crippen molar-refractivity contribution in [3.63, 3.8) is 0 Å². The van der Waals surface area contributed by atoms with Crippen LogP contribution in [0.3, 0.4) is 0 Å². The highest BCUT2D eigenvalue weighted by Crippen LogP contribution is 2.30. The lowest BCUT2D eigenvalue weighted by Gasteiger charge is -2.34. The van der Waals surface area contributed by atoms with Crippen molar-refractivity contribution in [2.75, 3.05) is 19.8 Å². The van der Waals surface area contributed by atoms with Gasteiger partial charge in [-0.15, -0.1) is 0 Å². The zero-order valence-electron chi connectivity index (χ0n) is 13.1. The molecule has 1 saturated heterocycles. The van der Waals surface area contributed by atoms with E-state index >= 15 is 0 Å². The summed E-state index contributed by atoms with van der Waals surface area (Å²) in [5.74, 6) is 0.657. The molecule has 0 amide bonds. The number of rotatable bonds is 5. The summed E-state index contributed by atoms with van der Waals surface area (Å²) in [5, 5.41) is 15.0. The largest absolute Gasteiger partial charge is 0.388 e. The molecule has 3 rings (SSSR count). The molecular weight excluding hydrogens is 298 g/mol. The summed E-state index contributed by atoms with van der Waals surface area (Å²) >= 11 is 5.96. The van der Waals surface area contributed by atoms with Gasteiger partial charge >= 0.3 is 0 Å². The molecule has 0 radical (unpaired) electrons. The Hall–Kier alpha value is -0.610. The minimum Gasteiger partial charge on any atom is -0.388 e. The third-order valence-electron chi connectivity index (χ3n) is 5.19. The Labute approximate surface area is 138 Å². The third kappa shape index (κ3) is 4.23. The molecule has 22 heavy (non-hydrogen) atoms. The smallest absolute Gasteiger partial charge is 0.0815 e. The first-order valence-electron chi connectivity index (χ1n) is 8.43. The van der Waals surface area contributed by atoms with Crippen molar-refractivity contribution >= 4 is 11.6 Å². The summed E-state index contributed by atoms with van der Waals surface area (Å²) in [6.07, 6.45) is 6.34. The second-order valence-corrected chi connectivity index (χ2v) is 7.28. The minimum atomic E-state index is -0.578. The fourth-order valence-electron chi connectivity index (χ4n) is 3.72. The highest BCUT2D eigenvalue weighted by molar-refractivity contribution is 6.30. The van der Waals surface area contributed by atoms with Gasteiger partial charge in [0, 0.05) is 43.7 Å². The number of aliphatic hydroxyl groups is 1. The zero-order chi connectivity index (χ0) is 15.4. The zero-order valence-corrected chi connectivity index (χ0v) is 13.8. The van der Waals surface area contributed by atoms with Gasteiger partial charge in [0.05, 0.1) is 5.60 Å². The van der Waals surface area contributed by atoms with Gasteiger partial charge < -0.3 is 15.2 Å². The molecule has 0 bridgehead atoms. The van der Waals surface area contributed by atoms with Crippen molar-refractivity contribution in [1.82, 2.24) is 5.32 Å². The molecule has 1 heterocycles. The molecule has 1 aromatic rings. The van der Waals surface area contributed by atoms with E-state index in [0.717, 1.165) is 24.3 Å². The standard InChI is InChI=1S/C18H26ClNO2/c19-16-6-4-14(5-7-16)12-15-2-1-3-17(15)20-13-18(21)8-10-22-11-9-18/h4-7,15,17,20-21H,1-3,8-13H2. The van der Waals surface area contributed by atoms with E-state index in [1.807, 2.05) is 12.1 Å². The fraction of sp³-hybridized carbons (Fsp3) is 0.667. The Balaban J connectivity index is 1.53. The van der Waals surface area contributed by atoms with Crippen molar-refractivity contribution in [3.8, 4) is 0 Å². The first-order valence-corrected chi connectivity index (χ1v) is 8.80. The molecule has 1 aromatic carbocycles. The van der Waals surface area contributed by atoms with Crippen LogP contribution in [0.1, 0.15) is 37.7 Å². The van der Waals surface area contributed by atoms with E-state index < -0.39 is 5.60 Å². The maximum atomic E-state index is 10.6. The van der Waals surface area contributed by atoms with Crippen molar-refractivity contribution in [1.29, 1.82) is 0 Å². The molecule has 4 heteroatoms.